The lowest BCUT2D eigenvalue weighted by Crippen LogP contribution is -2.04. The molecule has 0 aliphatic heterocycles. The van der Waals surface area contributed by atoms with Crippen molar-refractivity contribution in [3.05, 3.63) is 42.0 Å². The van der Waals surface area contributed by atoms with Gasteiger partial charge in [-0.25, -0.2) is 15.0 Å². The van der Waals surface area contributed by atoms with Gasteiger partial charge in [0.25, 0.3) is 0 Å². The average molecular weight is 340 g/mol. The van der Waals surface area contributed by atoms with Crippen molar-refractivity contribution in [1.82, 2.24) is 19.9 Å². The molecule has 0 spiro atoms. The molecule has 3 aromatic heterocycles. The van der Waals surface area contributed by atoms with Crippen molar-refractivity contribution in [3.63, 3.8) is 0 Å². The third kappa shape index (κ3) is 3.72. The van der Waals surface area contributed by atoms with Crippen molar-refractivity contribution in [1.29, 1.82) is 0 Å². The number of amides is 1. The number of nitrogens with zero attached hydrogens (tertiary/aromatic N) is 4. The van der Waals surface area contributed by atoms with Gasteiger partial charge in [0.15, 0.2) is 10.9 Å². The number of thiazole rings is 1. The van der Waals surface area contributed by atoms with Gasteiger partial charge in [0, 0.05) is 13.1 Å². The van der Waals surface area contributed by atoms with Crippen molar-refractivity contribution in [2.45, 2.75) is 20.8 Å². The number of anilines is 3. The van der Waals surface area contributed by atoms with E-state index in [1.165, 1.54) is 18.3 Å². The predicted octanol–water partition coefficient (Wildman–Crippen LogP) is 3.31. The van der Waals surface area contributed by atoms with Crippen LogP contribution >= 0.6 is 11.3 Å². The van der Waals surface area contributed by atoms with E-state index in [2.05, 4.69) is 30.6 Å². The molecule has 1 amide bonds. The number of nitrogens with one attached hydrogen (secondary N) is 2. The summed E-state index contributed by atoms with van der Waals surface area (Å²) in [6, 6.07) is 3.86. The van der Waals surface area contributed by atoms with E-state index in [4.69, 9.17) is 0 Å². The van der Waals surface area contributed by atoms with Gasteiger partial charge in [0.05, 0.1) is 23.0 Å². The number of rotatable bonds is 4. The molecule has 2 N–H and O–H groups in total. The Morgan fingerprint density at radius 1 is 1.17 bits per heavy atom. The van der Waals surface area contributed by atoms with Crippen LogP contribution < -0.4 is 10.6 Å². The highest BCUT2D eigenvalue weighted by Crippen LogP contribution is 2.31. The van der Waals surface area contributed by atoms with Gasteiger partial charge in [-0.15, -0.1) is 0 Å². The Hall–Kier alpha value is -2.87. The smallest absolute Gasteiger partial charge is 0.223 e. The van der Waals surface area contributed by atoms with Crippen molar-refractivity contribution in [2.24, 2.45) is 0 Å². The minimum absolute atomic E-state index is 0.151. The summed E-state index contributed by atoms with van der Waals surface area (Å²) in [6.07, 6.45) is 5.05. The Kier molecular flexibility index (Phi) is 4.48. The van der Waals surface area contributed by atoms with Crippen molar-refractivity contribution in [2.75, 3.05) is 10.6 Å². The summed E-state index contributed by atoms with van der Waals surface area (Å²) >= 11 is 1.37. The first-order valence-electron chi connectivity index (χ1n) is 7.28. The number of carbonyl (C=O) groups is 1. The first-order valence-corrected chi connectivity index (χ1v) is 8.10. The highest BCUT2D eigenvalue weighted by atomic mass is 32.1. The van der Waals surface area contributed by atoms with Gasteiger partial charge in [0.2, 0.25) is 5.91 Å². The molecule has 122 valence electrons. The molecule has 0 fully saturated rings. The SMILES string of the molecule is CC(=O)Nc1nc(C)c(-c2cncc(Nc3cc(C)ccn3)n2)s1. The van der Waals surface area contributed by atoms with E-state index >= 15 is 0 Å². The molecule has 7 nitrogen and oxygen atoms in total. The van der Waals surface area contributed by atoms with E-state index < -0.39 is 0 Å². The summed E-state index contributed by atoms with van der Waals surface area (Å²) in [5, 5.41) is 6.39. The maximum atomic E-state index is 11.2. The predicted molar refractivity (Wildman–Crippen MR) is 94.4 cm³/mol. The van der Waals surface area contributed by atoms with Gasteiger partial charge in [-0.3, -0.25) is 9.78 Å². The first-order chi connectivity index (χ1) is 11.5. The topological polar surface area (TPSA) is 92.7 Å². The normalized spacial score (nSPS) is 10.5. The molecule has 0 aliphatic carbocycles. The molecular formula is C16H16N6OS. The quantitative estimate of drug-likeness (QED) is 0.757. The van der Waals surface area contributed by atoms with Crippen LogP contribution in [0.15, 0.2) is 30.7 Å². The zero-order valence-electron chi connectivity index (χ0n) is 13.5. The molecule has 8 heteroatoms. The zero-order valence-corrected chi connectivity index (χ0v) is 14.3. The fourth-order valence-corrected chi connectivity index (χ4v) is 3.08. The van der Waals surface area contributed by atoms with Crippen LogP contribution in [0.4, 0.5) is 16.8 Å². The van der Waals surface area contributed by atoms with Crippen LogP contribution in [0.2, 0.25) is 0 Å². The fraction of sp³-hybridized carbons (Fsp3) is 0.188. The van der Waals surface area contributed by atoms with E-state index in [0.29, 0.717) is 22.5 Å². The highest BCUT2D eigenvalue weighted by molar-refractivity contribution is 7.19. The average Bonchev–Trinajstić information content (AvgIpc) is 2.87. The van der Waals surface area contributed by atoms with Crippen LogP contribution in [0.1, 0.15) is 18.2 Å². The summed E-state index contributed by atoms with van der Waals surface area (Å²) in [6.45, 7) is 5.33. The second kappa shape index (κ2) is 6.71. The lowest BCUT2D eigenvalue weighted by molar-refractivity contribution is -0.114. The Morgan fingerprint density at radius 3 is 2.75 bits per heavy atom. The summed E-state index contributed by atoms with van der Waals surface area (Å²) in [5.74, 6) is 1.16. The van der Waals surface area contributed by atoms with Gasteiger partial charge in [-0.2, -0.15) is 0 Å². The number of aryl methyl sites for hydroxylation is 2. The van der Waals surface area contributed by atoms with Crippen LogP contribution in [-0.4, -0.2) is 25.8 Å². The third-order valence-corrected chi connectivity index (χ3v) is 4.21. The maximum absolute atomic E-state index is 11.2. The first kappa shape index (κ1) is 16.0. The number of aromatic nitrogens is 4. The number of hydrogen-bond acceptors (Lipinski definition) is 7. The number of carbonyl (C=O) groups excluding carboxylic acids is 1. The molecule has 3 aromatic rings. The van der Waals surface area contributed by atoms with Crippen LogP contribution in [0, 0.1) is 13.8 Å². The monoisotopic (exact) mass is 340 g/mol. The van der Waals surface area contributed by atoms with Gasteiger partial charge >= 0.3 is 0 Å². The largest absolute Gasteiger partial charge is 0.324 e. The Bertz CT molecular complexity index is 892. The van der Waals surface area contributed by atoms with E-state index in [0.717, 1.165) is 16.1 Å². The standard InChI is InChI=1S/C16H16N6OS/c1-9-4-5-18-13(6-9)22-14-8-17-7-12(21-14)15-10(2)19-16(24-15)20-11(3)23/h4-8H,1-3H3,(H,18,21,22)(H,19,20,23). The van der Waals surface area contributed by atoms with E-state index in [1.807, 2.05) is 26.0 Å². The second-order valence-electron chi connectivity index (χ2n) is 5.25. The Balaban J connectivity index is 1.88. The summed E-state index contributed by atoms with van der Waals surface area (Å²) in [7, 11) is 0. The third-order valence-electron chi connectivity index (χ3n) is 3.12. The van der Waals surface area contributed by atoms with Gasteiger partial charge < -0.3 is 10.6 Å². The summed E-state index contributed by atoms with van der Waals surface area (Å²) in [5.41, 5.74) is 2.60. The van der Waals surface area contributed by atoms with Crippen molar-refractivity contribution >= 4 is 34.0 Å². The highest BCUT2D eigenvalue weighted by Gasteiger charge is 2.13. The van der Waals surface area contributed by atoms with Gasteiger partial charge in [0.1, 0.15) is 11.5 Å². The minimum atomic E-state index is -0.151. The summed E-state index contributed by atoms with van der Waals surface area (Å²) < 4.78 is 0. The molecule has 24 heavy (non-hydrogen) atoms. The van der Waals surface area contributed by atoms with Crippen molar-refractivity contribution < 1.29 is 4.79 Å². The molecule has 0 bridgehead atoms. The Morgan fingerprint density at radius 2 is 2.00 bits per heavy atom. The lowest BCUT2D eigenvalue weighted by atomic mass is 10.3. The molecule has 0 saturated carbocycles. The van der Waals surface area contributed by atoms with Crippen LogP contribution in [0.3, 0.4) is 0 Å². The lowest BCUT2D eigenvalue weighted by Gasteiger charge is -2.06. The molecule has 0 atom stereocenters. The molecule has 3 heterocycles. The molecule has 0 unspecified atom stereocenters. The van der Waals surface area contributed by atoms with Crippen LogP contribution in [-0.2, 0) is 4.79 Å². The van der Waals surface area contributed by atoms with E-state index in [1.54, 1.807) is 18.6 Å². The van der Waals surface area contributed by atoms with Crippen LogP contribution in [0.25, 0.3) is 10.6 Å². The van der Waals surface area contributed by atoms with E-state index in [-0.39, 0.29) is 5.91 Å². The van der Waals surface area contributed by atoms with Gasteiger partial charge in [-0.1, -0.05) is 11.3 Å². The van der Waals surface area contributed by atoms with Crippen LogP contribution in [0.5, 0.6) is 0 Å². The maximum Gasteiger partial charge on any atom is 0.223 e. The molecule has 3 rings (SSSR count). The Labute approximate surface area is 143 Å². The van der Waals surface area contributed by atoms with Gasteiger partial charge in [-0.05, 0) is 31.5 Å². The molecule has 0 radical (unpaired) electrons. The molecule has 0 aromatic carbocycles. The zero-order chi connectivity index (χ0) is 17.1. The fourth-order valence-electron chi connectivity index (χ4n) is 2.11. The van der Waals surface area contributed by atoms with E-state index in [9.17, 15) is 4.79 Å². The molecule has 0 aliphatic rings. The van der Waals surface area contributed by atoms with Crippen molar-refractivity contribution in [3.8, 4) is 10.6 Å². The molecule has 0 saturated heterocycles. The number of pyridine rings is 1. The second-order valence-corrected chi connectivity index (χ2v) is 6.25. The molecular weight excluding hydrogens is 324 g/mol. The summed E-state index contributed by atoms with van der Waals surface area (Å²) in [4.78, 5) is 29.4. The number of hydrogen-bond donors (Lipinski definition) is 2. The minimum Gasteiger partial charge on any atom is -0.324 e.